The summed E-state index contributed by atoms with van der Waals surface area (Å²) < 4.78 is 5.22. The molecule has 0 unspecified atom stereocenters. The van der Waals surface area contributed by atoms with Crippen molar-refractivity contribution < 1.29 is 14.3 Å². The second-order valence-corrected chi connectivity index (χ2v) is 6.71. The van der Waals surface area contributed by atoms with Gasteiger partial charge >= 0.3 is 5.97 Å². The van der Waals surface area contributed by atoms with Crippen LogP contribution in [0.25, 0.3) is 0 Å². The topological polar surface area (TPSA) is 55.4 Å². The molecule has 1 atom stereocenters. The molecule has 1 amide bonds. The number of hydrogen-bond donors (Lipinski definition) is 1. The van der Waals surface area contributed by atoms with Crippen LogP contribution in [0.4, 0.5) is 0 Å². The first-order valence-electron chi connectivity index (χ1n) is 8.21. The molecule has 0 spiro atoms. The Morgan fingerprint density at radius 1 is 1.26 bits per heavy atom. The van der Waals surface area contributed by atoms with E-state index < -0.39 is 6.04 Å². The van der Waals surface area contributed by atoms with Gasteiger partial charge in [0.25, 0.3) is 0 Å². The summed E-state index contributed by atoms with van der Waals surface area (Å²) in [4.78, 5) is 24.5. The largest absolute Gasteiger partial charge is 0.463 e. The Bertz CT molecular complexity index is 553. The van der Waals surface area contributed by atoms with Gasteiger partial charge in [0.1, 0.15) is 0 Å². The van der Waals surface area contributed by atoms with Crippen molar-refractivity contribution in [1.82, 2.24) is 5.32 Å². The highest BCUT2D eigenvalue weighted by molar-refractivity contribution is 6.31. The summed E-state index contributed by atoms with van der Waals surface area (Å²) in [5.41, 5.74) is 0.751. The maximum absolute atomic E-state index is 12.4. The van der Waals surface area contributed by atoms with E-state index in [0.717, 1.165) is 31.2 Å². The van der Waals surface area contributed by atoms with Crippen LogP contribution in [0.15, 0.2) is 24.3 Å². The number of esters is 1. The highest BCUT2D eigenvalue weighted by Gasteiger charge is 2.27. The van der Waals surface area contributed by atoms with Crippen LogP contribution in [0.5, 0.6) is 0 Å². The first kappa shape index (κ1) is 17.8. The number of rotatable bonds is 6. The molecule has 1 N–H and O–H groups in total. The normalized spacial score (nSPS) is 16.3. The summed E-state index contributed by atoms with van der Waals surface area (Å²) in [6, 6.07) is 6.82. The van der Waals surface area contributed by atoms with Crippen molar-refractivity contribution in [3.05, 3.63) is 34.9 Å². The van der Waals surface area contributed by atoms with Gasteiger partial charge in [-0.3, -0.25) is 9.59 Å². The third kappa shape index (κ3) is 5.24. The number of carbonyl (C=O) groups excluding carboxylic acids is 2. The van der Waals surface area contributed by atoms with Gasteiger partial charge in [-0.05, 0) is 38.3 Å². The van der Waals surface area contributed by atoms with E-state index in [9.17, 15) is 9.59 Å². The van der Waals surface area contributed by atoms with Gasteiger partial charge in [-0.2, -0.15) is 0 Å². The van der Waals surface area contributed by atoms with Gasteiger partial charge in [-0.15, -0.1) is 0 Å². The van der Waals surface area contributed by atoms with Gasteiger partial charge in [-0.25, -0.2) is 0 Å². The maximum atomic E-state index is 12.4. The third-order valence-electron chi connectivity index (χ3n) is 4.06. The van der Waals surface area contributed by atoms with E-state index >= 15 is 0 Å². The van der Waals surface area contributed by atoms with E-state index in [2.05, 4.69) is 5.32 Å². The van der Waals surface area contributed by atoms with Crippen LogP contribution < -0.4 is 5.32 Å². The molecule has 0 aliphatic heterocycles. The molecule has 1 fully saturated rings. The SMILES string of the molecule is CC(C)OC(=O)C[C@H](NC(=O)C1CCCC1)c1ccccc1Cl. The summed E-state index contributed by atoms with van der Waals surface area (Å²) in [7, 11) is 0. The monoisotopic (exact) mass is 337 g/mol. The predicted molar refractivity (Wildman–Crippen MR) is 90.1 cm³/mol. The van der Waals surface area contributed by atoms with Crippen molar-refractivity contribution in [2.45, 2.75) is 58.1 Å². The molecule has 4 nitrogen and oxygen atoms in total. The third-order valence-corrected chi connectivity index (χ3v) is 4.41. The van der Waals surface area contributed by atoms with Gasteiger partial charge in [-0.1, -0.05) is 42.6 Å². The van der Waals surface area contributed by atoms with Crippen LogP contribution in [0, 0.1) is 5.92 Å². The van der Waals surface area contributed by atoms with Crippen molar-refractivity contribution in [2.24, 2.45) is 5.92 Å². The van der Waals surface area contributed by atoms with Crippen LogP contribution in [0.1, 0.15) is 57.6 Å². The lowest BCUT2D eigenvalue weighted by Crippen LogP contribution is -2.34. The van der Waals surface area contributed by atoms with Crippen molar-refractivity contribution in [2.75, 3.05) is 0 Å². The molecule has 0 aromatic heterocycles. The Balaban J connectivity index is 2.12. The van der Waals surface area contributed by atoms with Crippen LogP contribution >= 0.6 is 11.6 Å². The summed E-state index contributed by atoms with van der Waals surface area (Å²) in [6.45, 7) is 3.61. The lowest BCUT2D eigenvalue weighted by atomic mass is 10.0. The lowest BCUT2D eigenvalue weighted by molar-refractivity contribution is -0.148. The average molecular weight is 338 g/mol. The molecular formula is C18H24ClNO3. The van der Waals surface area contributed by atoms with Gasteiger partial charge in [0.15, 0.2) is 0 Å². The number of halogens is 1. The first-order chi connectivity index (χ1) is 11.0. The van der Waals surface area contributed by atoms with E-state index in [1.165, 1.54) is 0 Å². The van der Waals surface area contributed by atoms with Crippen molar-refractivity contribution in [1.29, 1.82) is 0 Å². The number of benzene rings is 1. The number of ether oxygens (including phenoxy) is 1. The molecule has 1 saturated carbocycles. The van der Waals surface area contributed by atoms with Crippen molar-refractivity contribution in [3.63, 3.8) is 0 Å². The zero-order valence-corrected chi connectivity index (χ0v) is 14.4. The van der Waals surface area contributed by atoms with Gasteiger partial charge in [0.05, 0.1) is 18.6 Å². The minimum Gasteiger partial charge on any atom is -0.463 e. The molecule has 0 radical (unpaired) electrons. The molecule has 1 aromatic carbocycles. The van der Waals surface area contributed by atoms with E-state index in [1.54, 1.807) is 19.9 Å². The summed E-state index contributed by atoms with van der Waals surface area (Å²) in [6.07, 6.45) is 3.91. The molecule has 2 rings (SSSR count). The van der Waals surface area contributed by atoms with Gasteiger partial charge in [0, 0.05) is 10.9 Å². The van der Waals surface area contributed by atoms with Crippen LogP contribution in [-0.4, -0.2) is 18.0 Å². The molecule has 0 saturated heterocycles. The zero-order chi connectivity index (χ0) is 16.8. The second kappa shape index (κ2) is 8.34. The first-order valence-corrected chi connectivity index (χ1v) is 8.59. The van der Waals surface area contributed by atoms with Crippen molar-refractivity contribution in [3.8, 4) is 0 Å². The standard InChI is InChI=1S/C18H24ClNO3/c1-12(2)23-17(21)11-16(14-9-5-6-10-15(14)19)20-18(22)13-7-3-4-8-13/h5-6,9-10,12-13,16H,3-4,7-8,11H2,1-2H3,(H,20,22)/t16-/m0/s1. The highest BCUT2D eigenvalue weighted by atomic mass is 35.5. The molecule has 23 heavy (non-hydrogen) atoms. The number of nitrogens with one attached hydrogen (secondary N) is 1. The predicted octanol–water partition coefficient (Wildman–Crippen LogP) is 4.03. The minimum absolute atomic E-state index is 0.00441. The Labute approximate surface area is 142 Å². The van der Waals surface area contributed by atoms with E-state index in [0.29, 0.717) is 5.02 Å². The summed E-state index contributed by atoms with van der Waals surface area (Å²) >= 11 is 6.25. The minimum atomic E-state index is -0.456. The van der Waals surface area contributed by atoms with Gasteiger partial charge < -0.3 is 10.1 Å². The van der Waals surface area contributed by atoms with Crippen LogP contribution in [-0.2, 0) is 14.3 Å². The van der Waals surface area contributed by atoms with Crippen LogP contribution in [0.3, 0.4) is 0 Å². The van der Waals surface area contributed by atoms with Crippen LogP contribution in [0.2, 0.25) is 5.02 Å². The molecular weight excluding hydrogens is 314 g/mol. The van der Waals surface area contributed by atoms with E-state index in [4.69, 9.17) is 16.3 Å². The molecule has 5 heteroatoms. The molecule has 0 bridgehead atoms. The molecule has 1 aromatic rings. The Hall–Kier alpha value is -1.55. The van der Waals surface area contributed by atoms with Crippen molar-refractivity contribution >= 4 is 23.5 Å². The number of hydrogen-bond acceptors (Lipinski definition) is 3. The Morgan fingerprint density at radius 2 is 1.91 bits per heavy atom. The number of amides is 1. The van der Waals surface area contributed by atoms with E-state index in [1.807, 2.05) is 18.2 Å². The second-order valence-electron chi connectivity index (χ2n) is 6.31. The highest BCUT2D eigenvalue weighted by Crippen LogP contribution is 2.29. The summed E-state index contributed by atoms with van der Waals surface area (Å²) in [5, 5.41) is 3.54. The fourth-order valence-electron chi connectivity index (χ4n) is 2.95. The Morgan fingerprint density at radius 3 is 2.52 bits per heavy atom. The molecule has 1 aliphatic rings. The molecule has 126 valence electrons. The fourth-order valence-corrected chi connectivity index (χ4v) is 3.22. The smallest absolute Gasteiger partial charge is 0.308 e. The average Bonchev–Trinajstić information content (AvgIpc) is 3.00. The lowest BCUT2D eigenvalue weighted by Gasteiger charge is -2.22. The summed E-state index contributed by atoms with van der Waals surface area (Å²) in [5.74, 6) is -0.289. The Kier molecular flexibility index (Phi) is 6.46. The van der Waals surface area contributed by atoms with E-state index in [-0.39, 0.29) is 30.3 Å². The number of carbonyl (C=O) groups is 2. The quantitative estimate of drug-likeness (QED) is 0.797. The maximum Gasteiger partial charge on any atom is 0.308 e. The zero-order valence-electron chi connectivity index (χ0n) is 13.7. The molecule has 0 heterocycles. The molecule has 1 aliphatic carbocycles. The fraction of sp³-hybridized carbons (Fsp3) is 0.556. The van der Waals surface area contributed by atoms with Gasteiger partial charge in [0.2, 0.25) is 5.91 Å².